The van der Waals surface area contributed by atoms with E-state index in [1.54, 1.807) is 0 Å². The topological polar surface area (TPSA) is 29.3 Å². The van der Waals surface area contributed by atoms with Gasteiger partial charge in [-0.05, 0) is 43.0 Å². The number of nitrogens with two attached hydrogens (primary N) is 1. The maximum Gasteiger partial charge on any atom is 0.123 e. The van der Waals surface area contributed by atoms with Gasteiger partial charge in [-0.15, -0.1) is 0 Å². The third-order valence-corrected chi connectivity index (χ3v) is 3.71. The molecule has 1 aromatic rings. The van der Waals surface area contributed by atoms with Gasteiger partial charge in [0, 0.05) is 19.1 Å². The predicted octanol–water partition coefficient (Wildman–Crippen LogP) is 2.38. The van der Waals surface area contributed by atoms with Crippen LogP contribution in [0, 0.1) is 11.7 Å². The first-order valence-electron chi connectivity index (χ1n) is 6.41. The third-order valence-electron chi connectivity index (χ3n) is 3.71. The largest absolute Gasteiger partial charge is 0.327 e. The molecule has 3 heteroatoms. The molecule has 0 amide bonds. The first kappa shape index (κ1) is 12.5. The first-order valence-corrected chi connectivity index (χ1v) is 6.41. The van der Waals surface area contributed by atoms with E-state index in [1.807, 2.05) is 12.1 Å². The van der Waals surface area contributed by atoms with Gasteiger partial charge in [-0.3, -0.25) is 4.90 Å². The lowest BCUT2D eigenvalue weighted by atomic mass is 9.98. The minimum absolute atomic E-state index is 0.166. The first-order chi connectivity index (χ1) is 8.19. The summed E-state index contributed by atoms with van der Waals surface area (Å²) in [6.07, 6.45) is 2.24. The molecule has 0 saturated carbocycles. The number of likely N-dealkylation sites (tertiary alicyclic amines) is 1. The van der Waals surface area contributed by atoms with Crippen molar-refractivity contribution in [1.82, 2.24) is 4.90 Å². The Morgan fingerprint density at radius 3 is 2.76 bits per heavy atom. The molecule has 0 radical (unpaired) electrons. The smallest absolute Gasteiger partial charge is 0.123 e. The number of nitrogens with zero attached hydrogens (tertiary/aromatic N) is 1. The van der Waals surface area contributed by atoms with Crippen LogP contribution in [0.1, 0.15) is 25.3 Å². The van der Waals surface area contributed by atoms with E-state index in [9.17, 15) is 4.39 Å². The predicted molar refractivity (Wildman–Crippen MR) is 68.1 cm³/mol. The van der Waals surface area contributed by atoms with Gasteiger partial charge in [0.1, 0.15) is 5.82 Å². The van der Waals surface area contributed by atoms with Crippen molar-refractivity contribution in [3.8, 4) is 0 Å². The van der Waals surface area contributed by atoms with Crippen molar-refractivity contribution in [1.29, 1.82) is 0 Å². The van der Waals surface area contributed by atoms with Crippen molar-refractivity contribution >= 4 is 0 Å². The second kappa shape index (κ2) is 5.61. The summed E-state index contributed by atoms with van der Waals surface area (Å²) in [5, 5.41) is 0. The van der Waals surface area contributed by atoms with E-state index in [-0.39, 0.29) is 5.82 Å². The van der Waals surface area contributed by atoms with Gasteiger partial charge < -0.3 is 5.73 Å². The van der Waals surface area contributed by atoms with Gasteiger partial charge in [0.2, 0.25) is 0 Å². The van der Waals surface area contributed by atoms with Crippen LogP contribution in [0.5, 0.6) is 0 Å². The Balaban J connectivity index is 1.87. The number of halogens is 1. The SMILES string of the molecule is CCC(N)C1CCN(Cc2ccc(F)cc2)C1. The van der Waals surface area contributed by atoms with Gasteiger partial charge in [-0.1, -0.05) is 19.1 Å². The molecule has 1 aliphatic rings. The molecule has 0 spiro atoms. The molecule has 0 bridgehead atoms. The quantitative estimate of drug-likeness (QED) is 0.869. The second-order valence-corrected chi connectivity index (χ2v) is 4.98. The Bertz CT molecular complexity index is 350. The van der Waals surface area contributed by atoms with E-state index in [0.717, 1.165) is 26.1 Å². The molecular weight excluding hydrogens is 215 g/mol. The molecule has 2 N–H and O–H groups in total. The summed E-state index contributed by atoms with van der Waals surface area (Å²) in [6.45, 7) is 5.24. The average Bonchev–Trinajstić information content (AvgIpc) is 2.80. The summed E-state index contributed by atoms with van der Waals surface area (Å²) in [7, 11) is 0. The van der Waals surface area contributed by atoms with E-state index in [4.69, 9.17) is 5.73 Å². The minimum atomic E-state index is -0.166. The fourth-order valence-corrected chi connectivity index (χ4v) is 2.54. The molecule has 17 heavy (non-hydrogen) atoms. The summed E-state index contributed by atoms with van der Waals surface area (Å²) in [5.74, 6) is 0.460. The van der Waals surface area contributed by atoms with Crippen LogP contribution in [0.3, 0.4) is 0 Å². The summed E-state index contributed by atoms with van der Waals surface area (Å²) in [5.41, 5.74) is 7.26. The molecule has 1 aromatic carbocycles. The highest BCUT2D eigenvalue weighted by atomic mass is 19.1. The second-order valence-electron chi connectivity index (χ2n) is 4.98. The Morgan fingerprint density at radius 1 is 1.41 bits per heavy atom. The highest BCUT2D eigenvalue weighted by Crippen LogP contribution is 2.22. The summed E-state index contributed by atoms with van der Waals surface area (Å²) in [4.78, 5) is 2.41. The highest BCUT2D eigenvalue weighted by Gasteiger charge is 2.26. The number of rotatable bonds is 4. The zero-order valence-electron chi connectivity index (χ0n) is 10.4. The minimum Gasteiger partial charge on any atom is -0.327 e. The van der Waals surface area contributed by atoms with Crippen LogP contribution in [0.15, 0.2) is 24.3 Å². The molecule has 1 saturated heterocycles. The van der Waals surface area contributed by atoms with Crippen molar-refractivity contribution < 1.29 is 4.39 Å². The van der Waals surface area contributed by atoms with Gasteiger partial charge in [-0.2, -0.15) is 0 Å². The number of hydrogen-bond donors (Lipinski definition) is 1. The van der Waals surface area contributed by atoms with Crippen LogP contribution >= 0.6 is 0 Å². The Hall–Kier alpha value is -0.930. The van der Waals surface area contributed by atoms with Crippen molar-refractivity contribution in [3.63, 3.8) is 0 Å². The van der Waals surface area contributed by atoms with E-state index >= 15 is 0 Å². The molecular formula is C14H21FN2. The maximum atomic E-state index is 12.8. The van der Waals surface area contributed by atoms with Crippen LogP contribution < -0.4 is 5.73 Å². The van der Waals surface area contributed by atoms with Crippen molar-refractivity contribution in [2.75, 3.05) is 13.1 Å². The molecule has 2 rings (SSSR count). The molecule has 1 aliphatic heterocycles. The summed E-state index contributed by atoms with van der Waals surface area (Å²) < 4.78 is 12.8. The average molecular weight is 236 g/mol. The lowest BCUT2D eigenvalue weighted by molar-refractivity contribution is 0.304. The zero-order chi connectivity index (χ0) is 12.3. The van der Waals surface area contributed by atoms with Gasteiger partial charge in [0.25, 0.3) is 0 Å². The van der Waals surface area contributed by atoms with Gasteiger partial charge >= 0.3 is 0 Å². The molecule has 1 heterocycles. The van der Waals surface area contributed by atoms with E-state index in [0.29, 0.717) is 12.0 Å². The fourth-order valence-electron chi connectivity index (χ4n) is 2.54. The highest BCUT2D eigenvalue weighted by molar-refractivity contribution is 5.16. The zero-order valence-corrected chi connectivity index (χ0v) is 10.4. The van der Waals surface area contributed by atoms with Crippen LogP contribution in [0.25, 0.3) is 0 Å². The van der Waals surface area contributed by atoms with Crippen molar-refractivity contribution in [2.24, 2.45) is 11.7 Å². The number of hydrogen-bond acceptors (Lipinski definition) is 2. The number of benzene rings is 1. The Kier molecular flexibility index (Phi) is 4.13. The van der Waals surface area contributed by atoms with Crippen molar-refractivity contribution in [3.05, 3.63) is 35.6 Å². The maximum absolute atomic E-state index is 12.8. The molecule has 94 valence electrons. The fraction of sp³-hybridized carbons (Fsp3) is 0.571. The van der Waals surface area contributed by atoms with Gasteiger partial charge in [-0.25, -0.2) is 4.39 Å². The van der Waals surface area contributed by atoms with Gasteiger partial charge in [0.05, 0.1) is 0 Å². The van der Waals surface area contributed by atoms with Crippen molar-refractivity contribution in [2.45, 2.75) is 32.4 Å². The van der Waals surface area contributed by atoms with Gasteiger partial charge in [0.15, 0.2) is 0 Å². The molecule has 0 aromatic heterocycles. The van der Waals surface area contributed by atoms with E-state index in [1.165, 1.54) is 24.1 Å². The Labute approximate surface area is 103 Å². The Morgan fingerprint density at radius 2 is 2.12 bits per heavy atom. The molecule has 1 fully saturated rings. The molecule has 0 aliphatic carbocycles. The standard InChI is InChI=1S/C14H21FN2/c1-2-14(16)12-7-8-17(10-12)9-11-3-5-13(15)6-4-11/h3-6,12,14H,2,7-10,16H2,1H3. The molecule has 2 atom stereocenters. The normalized spacial score (nSPS) is 22.9. The van der Waals surface area contributed by atoms with Crippen LogP contribution in [0.2, 0.25) is 0 Å². The third kappa shape index (κ3) is 3.27. The molecule has 2 unspecified atom stereocenters. The lowest BCUT2D eigenvalue weighted by Crippen LogP contribution is -2.31. The van der Waals surface area contributed by atoms with Crippen LogP contribution in [-0.2, 0) is 6.54 Å². The van der Waals surface area contributed by atoms with Crippen LogP contribution in [-0.4, -0.2) is 24.0 Å². The summed E-state index contributed by atoms with van der Waals surface area (Å²) in [6, 6.07) is 7.11. The monoisotopic (exact) mass is 236 g/mol. The lowest BCUT2D eigenvalue weighted by Gasteiger charge is -2.19. The summed E-state index contributed by atoms with van der Waals surface area (Å²) >= 11 is 0. The van der Waals surface area contributed by atoms with E-state index < -0.39 is 0 Å². The van der Waals surface area contributed by atoms with Crippen LogP contribution in [0.4, 0.5) is 4.39 Å². The molecule has 2 nitrogen and oxygen atoms in total. The van der Waals surface area contributed by atoms with E-state index in [2.05, 4.69) is 11.8 Å².